The highest BCUT2D eigenvalue weighted by molar-refractivity contribution is 9.09. The van der Waals surface area contributed by atoms with E-state index in [-0.39, 0.29) is 17.9 Å². The van der Waals surface area contributed by atoms with Crippen LogP contribution < -0.4 is 0 Å². The SMILES string of the molecule is O=C([C@@H]1CCCN1C(=O)CBr)N1CCCC1. The molecule has 4 nitrogen and oxygen atoms in total. The summed E-state index contributed by atoms with van der Waals surface area (Å²) in [6.07, 6.45) is 3.98. The third-order valence-corrected chi connectivity index (χ3v) is 3.87. The Kier molecular flexibility index (Phi) is 3.84. The minimum Gasteiger partial charge on any atom is -0.341 e. The molecular weight excluding hydrogens is 272 g/mol. The third-order valence-electron chi connectivity index (χ3n) is 3.39. The van der Waals surface area contributed by atoms with Gasteiger partial charge in [0.15, 0.2) is 0 Å². The van der Waals surface area contributed by atoms with Gasteiger partial charge in [-0.2, -0.15) is 0 Å². The Morgan fingerprint density at radius 3 is 2.44 bits per heavy atom. The van der Waals surface area contributed by atoms with Crippen molar-refractivity contribution in [1.82, 2.24) is 9.80 Å². The van der Waals surface area contributed by atoms with Crippen LogP contribution in [0.2, 0.25) is 0 Å². The van der Waals surface area contributed by atoms with E-state index in [0.717, 1.165) is 45.3 Å². The first kappa shape index (κ1) is 11.9. The number of nitrogens with zero attached hydrogens (tertiary/aromatic N) is 2. The molecule has 2 fully saturated rings. The quantitative estimate of drug-likeness (QED) is 0.711. The minimum absolute atomic E-state index is 0.0371. The van der Waals surface area contributed by atoms with Crippen LogP contribution in [-0.4, -0.2) is 52.6 Å². The van der Waals surface area contributed by atoms with Gasteiger partial charge in [0, 0.05) is 19.6 Å². The van der Waals surface area contributed by atoms with Crippen LogP contribution in [-0.2, 0) is 9.59 Å². The molecular formula is C11H17BrN2O2. The van der Waals surface area contributed by atoms with Crippen LogP contribution in [0.1, 0.15) is 25.7 Å². The number of alkyl halides is 1. The molecule has 1 atom stereocenters. The Morgan fingerprint density at radius 2 is 1.81 bits per heavy atom. The molecule has 0 aromatic carbocycles. The highest BCUT2D eigenvalue weighted by atomic mass is 79.9. The van der Waals surface area contributed by atoms with Crippen LogP contribution in [0.15, 0.2) is 0 Å². The van der Waals surface area contributed by atoms with Gasteiger partial charge in [-0.05, 0) is 25.7 Å². The van der Waals surface area contributed by atoms with Gasteiger partial charge < -0.3 is 9.80 Å². The van der Waals surface area contributed by atoms with E-state index in [2.05, 4.69) is 15.9 Å². The molecule has 2 amide bonds. The van der Waals surface area contributed by atoms with E-state index in [1.807, 2.05) is 4.90 Å². The van der Waals surface area contributed by atoms with Gasteiger partial charge in [0.05, 0.1) is 5.33 Å². The van der Waals surface area contributed by atoms with Crippen molar-refractivity contribution in [2.45, 2.75) is 31.7 Å². The molecule has 0 aliphatic carbocycles. The second-order valence-corrected chi connectivity index (χ2v) is 4.97. The first-order valence-electron chi connectivity index (χ1n) is 5.88. The molecule has 0 bridgehead atoms. The fraction of sp³-hybridized carbons (Fsp3) is 0.818. The van der Waals surface area contributed by atoms with Crippen LogP contribution in [0.3, 0.4) is 0 Å². The molecule has 2 aliphatic heterocycles. The lowest BCUT2D eigenvalue weighted by atomic mass is 10.2. The smallest absolute Gasteiger partial charge is 0.245 e. The number of likely N-dealkylation sites (tertiary alicyclic amines) is 2. The maximum absolute atomic E-state index is 12.2. The maximum Gasteiger partial charge on any atom is 0.245 e. The Hall–Kier alpha value is -0.580. The third kappa shape index (κ3) is 2.24. The summed E-state index contributed by atoms with van der Waals surface area (Å²) < 4.78 is 0. The van der Waals surface area contributed by atoms with Crippen molar-refractivity contribution in [2.75, 3.05) is 25.0 Å². The van der Waals surface area contributed by atoms with Crippen molar-refractivity contribution in [2.24, 2.45) is 0 Å². The molecule has 0 aromatic heterocycles. The molecule has 2 aliphatic rings. The van der Waals surface area contributed by atoms with Gasteiger partial charge in [0.2, 0.25) is 11.8 Å². The van der Waals surface area contributed by atoms with Crippen LogP contribution >= 0.6 is 15.9 Å². The molecule has 0 saturated carbocycles. The molecule has 0 radical (unpaired) electrons. The number of amides is 2. The standard InChI is InChI=1S/C11H17BrN2O2/c12-8-10(15)14-7-3-4-9(14)11(16)13-5-1-2-6-13/h9H,1-8H2/t9-/m0/s1. The summed E-state index contributed by atoms with van der Waals surface area (Å²) in [5, 5.41) is 0.316. The van der Waals surface area contributed by atoms with Gasteiger partial charge in [-0.25, -0.2) is 0 Å². The van der Waals surface area contributed by atoms with Crippen LogP contribution in [0.5, 0.6) is 0 Å². The lowest BCUT2D eigenvalue weighted by Crippen LogP contribution is -2.47. The molecule has 2 rings (SSSR count). The zero-order chi connectivity index (χ0) is 11.5. The minimum atomic E-state index is -0.192. The summed E-state index contributed by atoms with van der Waals surface area (Å²) in [5.74, 6) is 0.194. The van der Waals surface area contributed by atoms with E-state index in [4.69, 9.17) is 0 Å². The summed E-state index contributed by atoms with van der Waals surface area (Å²) in [6, 6.07) is -0.192. The van der Waals surface area contributed by atoms with E-state index >= 15 is 0 Å². The van der Waals surface area contributed by atoms with E-state index in [9.17, 15) is 9.59 Å². The van der Waals surface area contributed by atoms with Gasteiger partial charge in [-0.1, -0.05) is 15.9 Å². The predicted octanol–water partition coefficient (Wildman–Crippen LogP) is 0.995. The summed E-state index contributed by atoms with van der Waals surface area (Å²) >= 11 is 3.17. The number of halogens is 1. The molecule has 0 unspecified atom stereocenters. The Labute approximate surface area is 104 Å². The van der Waals surface area contributed by atoms with Crippen molar-refractivity contribution in [3.63, 3.8) is 0 Å². The number of carbonyl (C=O) groups excluding carboxylic acids is 2. The van der Waals surface area contributed by atoms with Gasteiger partial charge in [0.1, 0.15) is 6.04 Å². The van der Waals surface area contributed by atoms with Gasteiger partial charge in [-0.3, -0.25) is 9.59 Å². The van der Waals surface area contributed by atoms with Crippen LogP contribution in [0.25, 0.3) is 0 Å². The molecule has 5 heteroatoms. The second-order valence-electron chi connectivity index (χ2n) is 4.41. The highest BCUT2D eigenvalue weighted by Gasteiger charge is 2.36. The summed E-state index contributed by atoms with van der Waals surface area (Å²) in [6.45, 7) is 2.46. The van der Waals surface area contributed by atoms with Gasteiger partial charge in [0.25, 0.3) is 0 Å². The van der Waals surface area contributed by atoms with Crippen molar-refractivity contribution in [3.8, 4) is 0 Å². The number of hydrogen-bond acceptors (Lipinski definition) is 2. The fourth-order valence-electron chi connectivity index (χ4n) is 2.55. The Balaban J connectivity index is 2.01. The summed E-state index contributed by atoms with van der Waals surface area (Å²) in [5.41, 5.74) is 0. The first-order chi connectivity index (χ1) is 7.74. The van der Waals surface area contributed by atoms with Crippen molar-refractivity contribution < 1.29 is 9.59 Å². The molecule has 90 valence electrons. The Bertz CT molecular complexity index is 290. The lowest BCUT2D eigenvalue weighted by Gasteiger charge is -2.27. The summed E-state index contributed by atoms with van der Waals surface area (Å²) in [7, 11) is 0. The van der Waals surface area contributed by atoms with Gasteiger partial charge >= 0.3 is 0 Å². The average Bonchev–Trinajstić information content (AvgIpc) is 2.97. The molecule has 0 aromatic rings. The number of hydrogen-bond donors (Lipinski definition) is 0. The van der Waals surface area contributed by atoms with Gasteiger partial charge in [-0.15, -0.1) is 0 Å². The monoisotopic (exact) mass is 288 g/mol. The maximum atomic E-state index is 12.2. The van der Waals surface area contributed by atoms with E-state index < -0.39 is 0 Å². The average molecular weight is 289 g/mol. The van der Waals surface area contributed by atoms with Crippen molar-refractivity contribution >= 4 is 27.7 Å². The molecule has 2 saturated heterocycles. The van der Waals surface area contributed by atoms with E-state index in [0.29, 0.717) is 5.33 Å². The predicted molar refractivity (Wildman–Crippen MR) is 64.3 cm³/mol. The van der Waals surface area contributed by atoms with E-state index in [1.165, 1.54) is 0 Å². The normalized spacial score (nSPS) is 25.2. The zero-order valence-electron chi connectivity index (χ0n) is 9.32. The lowest BCUT2D eigenvalue weighted by molar-refractivity contribution is -0.141. The summed E-state index contributed by atoms with van der Waals surface area (Å²) in [4.78, 5) is 27.5. The zero-order valence-corrected chi connectivity index (χ0v) is 10.9. The molecule has 0 N–H and O–H groups in total. The van der Waals surface area contributed by atoms with Crippen molar-refractivity contribution in [3.05, 3.63) is 0 Å². The largest absolute Gasteiger partial charge is 0.341 e. The van der Waals surface area contributed by atoms with Crippen LogP contribution in [0, 0.1) is 0 Å². The second kappa shape index (κ2) is 5.17. The topological polar surface area (TPSA) is 40.6 Å². The number of carbonyl (C=O) groups is 2. The number of rotatable bonds is 2. The molecule has 0 spiro atoms. The molecule has 2 heterocycles. The fourth-order valence-corrected chi connectivity index (χ4v) is 2.87. The van der Waals surface area contributed by atoms with Crippen molar-refractivity contribution in [1.29, 1.82) is 0 Å². The van der Waals surface area contributed by atoms with Crippen LogP contribution in [0.4, 0.5) is 0 Å². The molecule has 16 heavy (non-hydrogen) atoms. The first-order valence-corrected chi connectivity index (χ1v) is 7.00. The van der Waals surface area contributed by atoms with E-state index in [1.54, 1.807) is 4.90 Å². The highest BCUT2D eigenvalue weighted by Crippen LogP contribution is 2.21. The Morgan fingerprint density at radius 1 is 1.12 bits per heavy atom.